The van der Waals surface area contributed by atoms with Crippen LogP contribution in [0.2, 0.25) is 0 Å². The molecule has 2 nitrogen and oxygen atoms in total. The van der Waals surface area contributed by atoms with E-state index in [1.807, 2.05) is 13.0 Å². The van der Waals surface area contributed by atoms with Gasteiger partial charge in [-0.2, -0.15) is 8.78 Å². The van der Waals surface area contributed by atoms with Crippen LogP contribution in [0.4, 0.5) is 30.7 Å². The first kappa shape index (κ1) is 24.5. The second-order valence-electron chi connectivity index (χ2n) is 7.60. The van der Waals surface area contributed by atoms with Crippen LogP contribution in [0, 0.1) is 23.5 Å². The highest BCUT2D eigenvalue weighted by Crippen LogP contribution is 2.38. The van der Waals surface area contributed by atoms with Crippen LogP contribution in [0.1, 0.15) is 57.4 Å². The average Bonchev–Trinajstić information content (AvgIpc) is 2.64. The lowest BCUT2D eigenvalue weighted by atomic mass is 9.78. The fourth-order valence-corrected chi connectivity index (χ4v) is 3.72. The standard InChI is InChI=1S/C21H25F7O2/c1-2-3-4-5-14-6-8-15(9-7-14)12-20(24,25)29-13-16-10-17(22)19(18(23)11-16)30-21(26,27)28/h2-3,10-11,14-15H,4-9,12-13H2,1H3/b3-2+. The lowest BCUT2D eigenvalue weighted by Crippen LogP contribution is -2.27. The van der Waals surface area contributed by atoms with E-state index >= 15 is 0 Å². The zero-order valence-electron chi connectivity index (χ0n) is 16.6. The van der Waals surface area contributed by atoms with Gasteiger partial charge in [-0.1, -0.05) is 25.0 Å². The predicted molar refractivity (Wildman–Crippen MR) is 96.9 cm³/mol. The number of ether oxygens (including phenoxy) is 2. The van der Waals surface area contributed by atoms with E-state index in [2.05, 4.69) is 15.5 Å². The molecule has 0 aliphatic heterocycles. The summed E-state index contributed by atoms with van der Waals surface area (Å²) in [5.74, 6) is -4.62. The molecule has 1 saturated carbocycles. The summed E-state index contributed by atoms with van der Waals surface area (Å²) in [5, 5.41) is 0. The highest BCUT2D eigenvalue weighted by atomic mass is 19.4. The number of halogens is 7. The third kappa shape index (κ3) is 8.16. The molecule has 1 aromatic carbocycles. The Morgan fingerprint density at radius 1 is 0.967 bits per heavy atom. The van der Waals surface area contributed by atoms with Crippen molar-refractivity contribution in [3.8, 4) is 5.75 Å². The van der Waals surface area contributed by atoms with E-state index in [1.54, 1.807) is 0 Å². The first-order valence-electron chi connectivity index (χ1n) is 9.85. The summed E-state index contributed by atoms with van der Waals surface area (Å²) in [5.41, 5.74) is -0.355. The first-order valence-corrected chi connectivity index (χ1v) is 9.85. The van der Waals surface area contributed by atoms with Crippen molar-refractivity contribution in [2.75, 3.05) is 0 Å². The van der Waals surface area contributed by atoms with Gasteiger partial charge < -0.3 is 9.47 Å². The Balaban J connectivity index is 1.85. The minimum atomic E-state index is -5.28. The Hall–Kier alpha value is -1.77. The van der Waals surface area contributed by atoms with Gasteiger partial charge >= 0.3 is 12.5 Å². The molecule has 1 aromatic rings. The van der Waals surface area contributed by atoms with Crippen molar-refractivity contribution in [2.45, 2.75) is 70.9 Å². The molecule has 0 aromatic heterocycles. The van der Waals surface area contributed by atoms with Crippen molar-refractivity contribution < 1.29 is 40.2 Å². The molecule has 0 atom stereocenters. The van der Waals surface area contributed by atoms with Crippen LogP contribution in [-0.2, 0) is 11.3 Å². The molecule has 9 heteroatoms. The van der Waals surface area contributed by atoms with Crippen LogP contribution < -0.4 is 4.74 Å². The van der Waals surface area contributed by atoms with E-state index in [-0.39, 0.29) is 11.5 Å². The molecule has 170 valence electrons. The molecule has 0 heterocycles. The van der Waals surface area contributed by atoms with E-state index < -0.39 is 42.9 Å². The van der Waals surface area contributed by atoms with Gasteiger partial charge in [0, 0.05) is 6.42 Å². The fourth-order valence-electron chi connectivity index (χ4n) is 3.72. The van der Waals surface area contributed by atoms with E-state index in [9.17, 15) is 30.7 Å². The third-order valence-corrected chi connectivity index (χ3v) is 5.20. The summed E-state index contributed by atoms with van der Waals surface area (Å²) in [4.78, 5) is 0. The maximum absolute atomic E-state index is 14.2. The molecule has 0 unspecified atom stereocenters. The number of hydrogen-bond acceptors (Lipinski definition) is 2. The SMILES string of the molecule is C/C=C/CCC1CCC(CC(F)(F)OCc2cc(F)c(OC(F)(F)F)c(F)c2)CC1. The Bertz CT molecular complexity index is 685. The lowest BCUT2D eigenvalue weighted by Gasteiger charge is -2.30. The average molecular weight is 442 g/mol. The van der Waals surface area contributed by atoms with Crippen LogP contribution in [0.15, 0.2) is 24.3 Å². The quantitative estimate of drug-likeness (QED) is 0.291. The molecule has 0 bridgehead atoms. The van der Waals surface area contributed by atoms with Gasteiger partial charge in [0.05, 0.1) is 6.61 Å². The van der Waals surface area contributed by atoms with Crippen molar-refractivity contribution in [3.05, 3.63) is 41.5 Å². The summed E-state index contributed by atoms with van der Waals surface area (Å²) < 4.78 is 99.9. The Kier molecular flexibility index (Phi) is 8.58. The Morgan fingerprint density at radius 2 is 1.53 bits per heavy atom. The minimum absolute atomic E-state index is 0.214. The Morgan fingerprint density at radius 3 is 2.07 bits per heavy atom. The van der Waals surface area contributed by atoms with Gasteiger partial charge in [0.25, 0.3) is 0 Å². The normalized spacial score (nSPS) is 20.7. The highest BCUT2D eigenvalue weighted by molar-refractivity contribution is 5.31. The van der Waals surface area contributed by atoms with Crippen LogP contribution in [0.25, 0.3) is 0 Å². The van der Waals surface area contributed by atoms with E-state index in [4.69, 9.17) is 0 Å². The molecule has 0 saturated heterocycles. The van der Waals surface area contributed by atoms with E-state index in [0.29, 0.717) is 30.9 Å². The molecule has 0 amide bonds. The molecular weight excluding hydrogens is 417 g/mol. The van der Waals surface area contributed by atoms with Crippen LogP contribution in [0.5, 0.6) is 5.75 Å². The van der Waals surface area contributed by atoms with Gasteiger partial charge in [-0.15, -0.1) is 13.2 Å². The van der Waals surface area contributed by atoms with Crippen molar-refractivity contribution >= 4 is 0 Å². The maximum Gasteiger partial charge on any atom is 0.573 e. The maximum atomic E-state index is 14.2. The van der Waals surface area contributed by atoms with E-state index in [0.717, 1.165) is 25.7 Å². The van der Waals surface area contributed by atoms with Gasteiger partial charge in [0.15, 0.2) is 11.6 Å². The summed E-state index contributed by atoms with van der Waals surface area (Å²) in [6, 6.07) is 0.965. The number of allylic oxidation sites excluding steroid dienone is 2. The second kappa shape index (κ2) is 10.5. The molecule has 0 N–H and O–H groups in total. The van der Waals surface area contributed by atoms with Crippen LogP contribution in [0.3, 0.4) is 0 Å². The number of benzene rings is 1. The smallest absolute Gasteiger partial charge is 0.399 e. The highest BCUT2D eigenvalue weighted by Gasteiger charge is 2.36. The minimum Gasteiger partial charge on any atom is -0.399 e. The summed E-state index contributed by atoms with van der Waals surface area (Å²) in [7, 11) is 0. The van der Waals surface area contributed by atoms with Gasteiger partial charge in [-0.3, -0.25) is 0 Å². The molecule has 1 aliphatic carbocycles. The molecule has 1 fully saturated rings. The van der Waals surface area contributed by atoms with Crippen LogP contribution >= 0.6 is 0 Å². The monoisotopic (exact) mass is 442 g/mol. The van der Waals surface area contributed by atoms with Gasteiger partial charge in [0.1, 0.15) is 0 Å². The fraction of sp³-hybridized carbons (Fsp3) is 0.619. The summed E-state index contributed by atoms with van der Waals surface area (Å²) >= 11 is 0. The van der Waals surface area contributed by atoms with Crippen molar-refractivity contribution in [3.63, 3.8) is 0 Å². The van der Waals surface area contributed by atoms with Crippen molar-refractivity contribution in [1.82, 2.24) is 0 Å². The van der Waals surface area contributed by atoms with Gasteiger partial charge in [0.2, 0.25) is 5.75 Å². The van der Waals surface area contributed by atoms with Crippen molar-refractivity contribution in [2.24, 2.45) is 11.8 Å². The molecular formula is C21H25F7O2. The number of rotatable bonds is 9. The van der Waals surface area contributed by atoms with Crippen LogP contribution in [-0.4, -0.2) is 12.5 Å². The summed E-state index contributed by atoms with van der Waals surface area (Å²) in [6.07, 6.45) is -0.146. The van der Waals surface area contributed by atoms with Gasteiger partial charge in [-0.25, -0.2) is 8.78 Å². The topological polar surface area (TPSA) is 18.5 Å². The molecule has 30 heavy (non-hydrogen) atoms. The lowest BCUT2D eigenvalue weighted by molar-refractivity contribution is -0.276. The first-order chi connectivity index (χ1) is 14.0. The largest absolute Gasteiger partial charge is 0.573 e. The molecule has 0 spiro atoms. The third-order valence-electron chi connectivity index (χ3n) is 5.20. The molecule has 2 rings (SSSR count). The zero-order valence-corrected chi connectivity index (χ0v) is 16.6. The van der Waals surface area contributed by atoms with Gasteiger partial charge in [-0.05, 0) is 62.1 Å². The van der Waals surface area contributed by atoms with Crippen molar-refractivity contribution in [1.29, 1.82) is 0 Å². The number of hydrogen-bond donors (Lipinski definition) is 0. The van der Waals surface area contributed by atoms with E-state index in [1.165, 1.54) is 0 Å². The zero-order chi connectivity index (χ0) is 22.4. The molecule has 1 aliphatic rings. The molecule has 0 radical (unpaired) electrons. The summed E-state index contributed by atoms with van der Waals surface area (Å²) in [6.45, 7) is 1.11. The second-order valence-corrected chi connectivity index (χ2v) is 7.60. The number of alkyl halides is 5. The Labute approximate surface area is 171 Å². The predicted octanol–water partition coefficient (Wildman–Crippen LogP) is 7.53.